The Hall–Kier alpha value is -0.430. The Morgan fingerprint density at radius 1 is 1.37 bits per heavy atom. The van der Waals surface area contributed by atoms with Crippen LogP contribution < -0.4 is 10.1 Å². The van der Waals surface area contributed by atoms with Crippen LogP contribution in [0, 0.1) is 0 Å². The third kappa shape index (κ3) is 4.27. The van der Waals surface area contributed by atoms with Gasteiger partial charge in [-0.2, -0.15) is 0 Å². The molecule has 0 atom stereocenters. The van der Waals surface area contributed by atoms with Gasteiger partial charge >= 0.3 is 0 Å². The largest absolute Gasteiger partial charge is 0.495 e. The molecule has 1 N–H and O–H groups in total. The van der Waals surface area contributed by atoms with E-state index in [1.165, 1.54) is 0 Å². The Morgan fingerprint density at radius 2 is 2.21 bits per heavy atom. The van der Waals surface area contributed by atoms with Crippen LogP contribution in [0.15, 0.2) is 32.0 Å². The summed E-state index contributed by atoms with van der Waals surface area (Å²) in [6.07, 6.45) is 0.945. The first-order chi connectivity index (χ1) is 9.20. The lowest BCUT2D eigenvalue weighted by Crippen LogP contribution is -2.17. The van der Waals surface area contributed by atoms with Gasteiger partial charge in [0.15, 0.2) is 0 Å². The summed E-state index contributed by atoms with van der Waals surface area (Å²) in [6, 6.07) is 4.05. The van der Waals surface area contributed by atoms with E-state index in [2.05, 4.69) is 53.6 Å². The lowest BCUT2D eigenvalue weighted by atomic mass is 10.2. The molecule has 3 nitrogen and oxygen atoms in total. The average molecular weight is 406 g/mol. The van der Waals surface area contributed by atoms with Crippen molar-refractivity contribution < 1.29 is 4.74 Å². The van der Waals surface area contributed by atoms with Gasteiger partial charge in [0, 0.05) is 34.9 Å². The molecule has 0 unspecified atom stereocenters. The Labute approximate surface area is 133 Å². The standard InChI is InChI=1S/C13H14Br2N2OS/c1-18-13-9(4-10(14)5-12(13)15)6-16-3-2-11-7-19-8-17-11/h4-5,7-8,16H,2-3,6H2,1H3. The van der Waals surface area contributed by atoms with Crippen LogP contribution in [-0.2, 0) is 13.0 Å². The monoisotopic (exact) mass is 404 g/mol. The number of aromatic nitrogens is 1. The number of methoxy groups -OCH3 is 1. The summed E-state index contributed by atoms with van der Waals surface area (Å²) in [7, 11) is 1.69. The third-order valence-electron chi connectivity index (χ3n) is 2.65. The maximum absolute atomic E-state index is 5.42. The highest BCUT2D eigenvalue weighted by Crippen LogP contribution is 2.32. The molecule has 1 aromatic carbocycles. The Morgan fingerprint density at radius 3 is 2.89 bits per heavy atom. The number of hydrogen-bond donors (Lipinski definition) is 1. The Bertz CT molecular complexity index is 532. The first-order valence-electron chi connectivity index (χ1n) is 5.80. The molecule has 6 heteroatoms. The van der Waals surface area contributed by atoms with Gasteiger partial charge in [0.25, 0.3) is 0 Å². The minimum atomic E-state index is 0.769. The maximum Gasteiger partial charge on any atom is 0.137 e. The normalized spacial score (nSPS) is 10.7. The first-order valence-corrected chi connectivity index (χ1v) is 8.33. The van der Waals surface area contributed by atoms with Crippen molar-refractivity contribution in [2.45, 2.75) is 13.0 Å². The SMILES string of the molecule is COc1c(Br)cc(Br)cc1CNCCc1cscn1. The number of halogens is 2. The van der Waals surface area contributed by atoms with Crippen LogP contribution in [0.25, 0.3) is 0 Å². The van der Waals surface area contributed by atoms with Crippen molar-refractivity contribution in [3.05, 3.63) is 43.2 Å². The molecule has 0 aliphatic heterocycles. The fourth-order valence-corrected chi connectivity index (χ4v) is 3.84. The van der Waals surface area contributed by atoms with Crippen molar-refractivity contribution in [3.63, 3.8) is 0 Å². The van der Waals surface area contributed by atoms with Gasteiger partial charge in [-0.15, -0.1) is 11.3 Å². The van der Waals surface area contributed by atoms with Gasteiger partial charge < -0.3 is 10.1 Å². The van der Waals surface area contributed by atoms with Crippen molar-refractivity contribution in [3.8, 4) is 5.75 Å². The highest BCUT2D eigenvalue weighted by atomic mass is 79.9. The zero-order valence-electron chi connectivity index (χ0n) is 10.5. The van der Waals surface area contributed by atoms with E-state index in [4.69, 9.17) is 4.74 Å². The van der Waals surface area contributed by atoms with E-state index in [9.17, 15) is 0 Å². The second-order valence-electron chi connectivity index (χ2n) is 3.99. The molecular formula is C13H14Br2N2OS. The molecule has 0 radical (unpaired) electrons. The lowest BCUT2D eigenvalue weighted by Gasteiger charge is -2.12. The van der Waals surface area contributed by atoms with Crippen LogP contribution in [0.4, 0.5) is 0 Å². The number of ether oxygens (including phenoxy) is 1. The van der Waals surface area contributed by atoms with Gasteiger partial charge in [0.2, 0.25) is 0 Å². The molecule has 0 bridgehead atoms. The Kier molecular flexibility index (Phi) is 5.81. The molecule has 2 aromatic rings. The molecule has 1 aromatic heterocycles. The van der Waals surface area contributed by atoms with Crippen LogP contribution in [0.3, 0.4) is 0 Å². The van der Waals surface area contributed by atoms with Gasteiger partial charge in [-0.3, -0.25) is 0 Å². The average Bonchev–Trinajstić information content (AvgIpc) is 2.87. The molecule has 0 saturated heterocycles. The molecular weight excluding hydrogens is 392 g/mol. The predicted octanol–water partition coefficient (Wildman–Crippen LogP) is 4.01. The summed E-state index contributed by atoms with van der Waals surface area (Å²) < 4.78 is 7.41. The smallest absolute Gasteiger partial charge is 0.137 e. The topological polar surface area (TPSA) is 34.1 Å². The number of hydrogen-bond acceptors (Lipinski definition) is 4. The van der Waals surface area contributed by atoms with Crippen molar-refractivity contribution >= 4 is 43.2 Å². The van der Waals surface area contributed by atoms with Crippen molar-refractivity contribution in [1.29, 1.82) is 0 Å². The van der Waals surface area contributed by atoms with E-state index in [1.54, 1.807) is 18.4 Å². The summed E-state index contributed by atoms with van der Waals surface area (Å²) in [5, 5.41) is 5.49. The fraction of sp³-hybridized carbons (Fsp3) is 0.308. The molecule has 0 amide bonds. The van der Waals surface area contributed by atoms with Gasteiger partial charge in [0.05, 0.1) is 22.8 Å². The number of rotatable bonds is 6. The van der Waals surface area contributed by atoms with Crippen molar-refractivity contribution in [1.82, 2.24) is 10.3 Å². The van der Waals surface area contributed by atoms with Crippen LogP contribution in [0.1, 0.15) is 11.3 Å². The van der Waals surface area contributed by atoms with Gasteiger partial charge in [-0.05, 0) is 28.1 Å². The molecule has 19 heavy (non-hydrogen) atoms. The molecule has 2 rings (SSSR count). The van der Waals surface area contributed by atoms with E-state index in [0.717, 1.165) is 45.5 Å². The minimum Gasteiger partial charge on any atom is -0.495 e. The minimum absolute atomic E-state index is 0.769. The maximum atomic E-state index is 5.42. The molecule has 102 valence electrons. The van der Waals surface area contributed by atoms with Crippen molar-refractivity contribution in [2.24, 2.45) is 0 Å². The highest BCUT2D eigenvalue weighted by molar-refractivity contribution is 9.11. The molecule has 1 heterocycles. The molecule has 0 saturated carbocycles. The Balaban J connectivity index is 1.92. The summed E-state index contributed by atoms with van der Waals surface area (Å²) >= 11 is 8.63. The van der Waals surface area contributed by atoms with E-state index in [-0.39, 0.29) is 0 Å². The summed E-state index contributed by atoms with van der Waals surface area (Å²) in [6.45, 7) is 1.67. The number of nitrogens with zero attached hydrogens (tertiary/aromatic N) is 1. The highest BCUT2D eigenvalue weighted by Gasteiger charge is 2.08. The molecule has 0 fully saturated rings. The zero-order chi connectivity index (χ0) is 13.7. The zero-order valence-corrected chi connectivity index (χ0v) is 14.4. The second kappa shape index (κ2) is 7.38. The predicted molar refractivity (Wildman–Crippen MR) is 85.9 cm³/mol. The molecule has 0 aliphatic rings. The third-order valence-corrected chi connectivity index (χ3v) is 4.33. The summed E-state index contributed by atoms with van der Waals surface area (Å²) in [5.41, 5.74) is 4.13. The lowest BCUT2D eigenvalue weighted by molar-refractivity contribution is 0.405. The van der Waals surface area contributed by atoms with Gasteiger partial charge in [-0.25, -0.2) is 4.98 Å². The van der Waals surface area contributed by atoms with Crippen molar-refractivity contribution in [2.75, 3.05) is 13.7 Å². The fourth-order valence-electron chi connectivity index (χ4n) is 1.77. The van der Waals surface area contributed by atoms with Crippen LogP contribution in [-0.4, -0.2) is 18.6 Å². The summed E-state index contributed by atoms with van der Waals surface area (Å²) in [5.74, 6) is 0.879. The van der Waals surface area contributed by atoms with Crippen LogP contribution in [0.5, 0.6) is 5.75 Å². The van der Waals surface area contributed by atoms with E-state index < -0.39 is 0 Å². The number of nitrogens with one attached hydrogen (secondary N) is 1. The summed E-state index contributed by atoms with van der Waals surface area (Å²) in [4.78, 5) is 4.26. The number of benzene rings is 1. The first kappa shape index (κ1) is 15.0. The van der Waals surface area contributed by atoms with Gasteiger partial charge in [-0.1, -0.05) is 15.9 Å². The van der Waals surface area contributed by atoms with E-state index in [1.807, 2.05) is 11.6 Å². The number of thiazole rings is 1. The van der Waals surface area contributed by atoms with Crippen LogP contribution >= 0.6 is 43.2 Å². The van der Waals surface area contributed by atoms with Gasteiger partial charge in [0.1, 0.15) is 5.75 Å². The molecule has 0 spiro atoms. The van der Waals surface area contributed by atoms with E-state index in [0.29, 0.717) is 0 Å². The van der Waals surface area contributed by atoms with Crippen LogP contribution in [0.2, 0.25) is 0 Å². The quantitative estimate of drug-likeness (QED) is 0.737. The second-order valence-corrected chi connectivity index (χ2v) is 6.48. The molecule has 0 aliphatic carbocycles. The van der Waals surface area contributed by atoms with E-state index >= 15 is 0 Å².